The summed E-state index contributed by atoms with van der Waals surface area (Å²) in [6, 6.07) is 14.0. The highest BCUT2D eigenvalue weighted by Crippen LogP contribution is 2.29. The Balaban J connectivity index is 2.04. The Morgan fingerprint density at radius 1 is 1.07 bits per heavy atom. The van der Waals surface area contributed by atoms with Crippen molar-refractivity contribution in [3.8, 4) is 11.5 Å². The highest BCUT2D eigenvalue weighted by molar-refractivity contribution is 7.92. The maximum absolute atomic E-state index is 12.5. The summed E-state index contributed by atoms with van der Waals surface area (Å²) in [6.07, 6.45) is 1.06. The fraction of sp³-hybridized carbons (Fsp3) is 0.381. The molecule has 0 unspecified atom stereocenters. The van der Waals surface area contributed by atoms with E-state index in [4.69, 9.17) is 9.47 Å². The summed E-state index contributed by atoms with van der Waals surface area (Å²) < 4.78 is 36.9. The van der Waals surface area contributed by atoms with Crippen LogP contribution in [0.25, 0.3) is 0 Å². The Morgan fingerprint density at radius 3 is 2.31 bits per heavy atom. The van der Waals surface area contributed by atoms with Crippen LogP contribution in [-0.4, -0.2) is 46.4 Å². The van der Waals surface area contributed by atoms with Crippen molar-refractivity contribution in [3.05, 3.63) is 54.1 Å². The van der Waals surface area contributed by atoms with E-state index in [-0.39, 0.29) is 19.2 Å². The van der Waals surface area contributed by atoms with Gasteiger partial charge >= 0.3 is 0 Å². The van der Waals surface area contributed by atoms with Crippen LogP contribution in [0.2, 0.25) is 0 Å². The van der Waals surface area contributed by atoms with Gasteiger partial charge in [-0.3, -0.25) is 9.10 Å². The molecule has 1 amide bonds. The van der Waals surface area contributed by atoms with Crippen LogP contribution in [0.4, 0.5) is 5.69 Å². The molecule has 0 aliphatic rings. The highest BCUT2D eigenvalue weighted by atomic mass is 32.2. The van der Waals surface area contributed by atoms with Crippen LogP contribution in [0, 0.1) is 6.92 Å². The number of amides is 1. The van der Waals surface area contributed by atoms with E-state index in [1.807, 2.05) is 38.1 Å². The van der Waals surface area contributed by atoms with Crippen LogP contribution < -0.4 is 19.1 Å². The minimum absolute atomic E-state index is 0.269. The number of ether oxygens (including phenoxy) is 2. The first-order valence-electron chi connectivity index (χ1n) is 9.39. The van der Waals surface area contributed by atoms with Gasteiger partial charge < -0.3 is 14.8 Å². The summed E-state index contributed by atoms with van der Waals surface area (Å²) in [4.78, 5) is 12.5. The monoisotopic (exact) mass is 420 g/mol. The maximum atomic E-state index is 12.5. The Morgan fingerprint density at radius 2 is 1.69 bits per heavy atom. The van der Waals surface area contributed by atoms with Gasteiger partial charge in [0.2, 0.25) is 15.9 Å². The molecular weight excluding hydrogens is 392 g/mol. The van der Waals surface area contributed by atoms with Gasteiger partial charge in [0, 0.05) is 0 Å². The lowest BCUT2D eigenvalue weighted by Crippen LogP contribution is -2.45. The van der Waals surface area contributed by atoms with Crippen LogP contribution in [0.15, 0.2) is 48.5 Å². The lowest BCUT2D eigenvalue weighted by Gasteiger charge is -2.25. The Kier molecular flexibility index (Phi) is 7.90. The SMILES string of the molecule is CCOc1ccccc1N(CC(=O)N[C@H](C)COc1ccccc1C)S(C)(=O)=O. The Bertz CT molecular complexity index is 930. The smallest absolute Gasteiger partial charge is 0.241 e. The Labute approximate surface area is 172 Å². The van der Waals surface area contributed by atoms with E-state index in [2.05, 4.69) is 5.32 Å². The second-order valence-electron chi connectivity index (χ2n) is 6.72. The molecule has 0 saturated heterocycles. The molecule has 2 aromatic rings. The fourth-order valence-corrected chi connectivity index (χ4v) is 3.61. The molecule has 0 aromatic heterocycles. The molecule has 1 atom stereocenters. The quantitative estimate of drug-likeness (QED) is 0.639. The first-order chi connectivity index (χ1) is 13.7. The number of para-hydroxylation sites is 3. The van der Waals surface area contributed by atoms with Gasteiger partial charge in [-0.1, -0.05) is 30.3 Å². The highest BCUT2D eigenvalue weighted by Gasteiger charge is 2.24. The molecule has 0 heterocycles. The van der Waals surface area contributed by atoms with Gasteiger partial charge in [-0.15, -0.1) is 0 Å². The van der Waals surface area contributed by atoms with Gasteiger partial charge in [0.05, 0.1) is 24.6 Å². The molecule has 0 saturated carbocycles. The number of anilines is 1. The van der Waals surface area contributed by atoms with E-state index in [1.54, 1.807) is 31.2 Å². The van der Waals surface area contributed by atoms with Crippen molar-refractivity contribution in [2.75, 3.05) is 30.3 Å². The zero-order chi connectivity index (χ0) is 21.4. The topological polar surface area (TPSA) is 84.9 Å². The number of benzene rings is 2. The molecule has 158 valence electrons. The zero-order valence-corrected chi connectivity index (χ0v) is 18.0. The number of nitrogens with one attached hydrogen (secondary N) is 1. The van der Waals surface area contributed by atoms with E-state index < -0.39 is 15.9 Å². The van der Waals surface area contributed by atoms with Gasteiger partial charge in [0.25, 0.3) is 0 Å². The second-order valence-corrected chi connectivity index (χ2v) is 8.62. The molecule has 0 aliphatic heterocycles. The number of aryl methyl sites for hydroxylation is 1. The van der Waals surface area contributed by atoms with E-state index in [9.17, 15) is 13.2 Å². The van der Waals surface area contributed by atoms with Gasteiger partial charge in [-0.05, 0) is 44.5 Å². The number of hydrogen-bond donors (Lipinski definition) is 1. The summed E-state index contributed by atoms with van der Waals surface area (Å²) >= 11 is 0. The third-order valence-corrected chi connectivity index (χ3v) is 5.24. The first-order valence-corrected chi connectivity index (χ1v) is 11.2. The van der Waals surface area contributed by atoms with Crippen LogP contribution in [0.3, 0.4) is 0 Å². The van der Waals surface area contributed by atoms with Crippen LogP contribution in [0.5, 0.6) is 11.5 Å². The zero-order valence-electron chi connectivity index (χ0n) is 17.2. The molecule has 2 rings (SSSR count). The summed E-state index contributed by atoms with van der Waals surface area (Å²) in [5.41, 5.74) is 1.33. The van der Waals surface area contributed by atoms with E-state index >= 15 is 0 Å². The van der Waals surface area contributed by atoms with Crippen LogP contribution >= 0.6 is 0 Å². The average molecular weight is 421 g/mol. The number of nitrogens with zero attached hydrogens (tertiary/aromatic N) is 1. The largest absolute Gasteiger partial charge is 0.492 e. The number of hydrogen-bond acceptors (Lipinski definition) is 5. The van der Waals surface area contributed by atoms with Crippen LogP contribution in [-0.2, 0) is 14.8 Å². The minimum Gasteiger partial charge on any atom is -0.492 e. The van der Waals surface area contributed by atoms with Gasteiger partial charge in [-0.2, -0.15) is 0 Å². The summed E-state index contributed by atoms with van der Waals surface area (Å²) in [6.45, 7) is 5.86. The molecule has 29 heavy (non-hydrogen) atoms. The molecule has 8 heteroatoms. The number of carbonyl (C=O) groups excluding carboxylic acids is 1. The molecule has 2 aromatic carbocycles. The van der Waals surface area contributed by atoms with Gasteiger partial charge in [0.1, 0.15) is 24.7 Å². The third-order valence-electron chi connectivity index (χ3n) is 4.11. The molecule has 7 nitrogen and oxygen atoms in total. The Hall–Kier alpha value is -2.74. The summed E-state index contributed by atoms with van der Waals surface area (Å²) in [5, 5.41) is 2.78. The normalized spacial score (nSPS) is 12.1. The number of sulfonamides is 1. The van der Waals surface area contributed by atoms with Gasteiger partial charge in [-0.25, -0.2) is 8.42 Å². The van der Waals surface area contributed by atoms with E-state index in [0.717, 1.165) is 21.9 Å². The van der Waals surface area contributed by atoms with Crippen molar-refractivity contribution in [2.24, 2.45) is 0 Å². The molecular formula is C21H28N2O5S. The van der Waals surface area contributed by atoms with Crippen molar-refractivity contribution >= 4 is 21.6 Å². The molecule has 1 N–H and O–H groups in total. The van der Waals surface area contributed by atoms with Crippen molar-refractivity contribution in [1.29, 1.82) is 0 Å². The standard InChI is InChI=1S/C21H28N2O5S/c1-5-27-20-13-9-7-11-18(20)23(29(4,25)26)14-21(24)22-17(3)15-28-19-12-8-6-10-16(19)2/h6-13,17H,5,14-15H2,1-4H3,(H,22,24)/t17-/m1/s1. The third kappa shape index (κ3) is 6.67. The average Bonchev–Trinajstić information content (AvgIpc) is 2.65. The van der Waals surface area contributed by atoms with Gasteiger partial charge in [0.15, 0.2) is 0 Å². The molecule has 0 aliphatic carbocycles. The molecule has 0 radical (unpaired) electrons. The fourth-order valence-electron chi connectivity index (χ4n) is 2.75. The lowest BCUT2D eigenvalue weighted by molar-refractivity contribution is -0.120. The molecule has 0 spiro atoms. The van der Waals surface area contributed by atoms with Crippen LogP contribution in [0.1, 0.15) is 19.4 Å². The predicted molar refractivity (Wildman–Crippen MR) is 114 cm³/mol. The van der Waals surface area contributed by atoms with Crippen molar-refractivity contribution < 1.29 is 22.7 Å². The molecule has 0 fully saturated rings. The lowest BCUT2D eigenvalue weighted by atomic mass is 10.2. The number of rotatable bonds is 10. The number of carbonyl (C=O) groups is 1. The maximum Gasteiger partial charge on any atom is 0.241 e. The summed E-state index contributed by atoms with van der Waals surface area (Å²) in [5.74, 6) is 0.726. The first kappa shape index (κ1) is 22.5. The minimum atomic E-state index is -3.69. The predicted octanol–water partition coefficient (Wildman–Crippen LogP) is 2.74. The summed E-state index contributed by atoms with van der Waals surface area (Å²) in [7, 11) is -3.69. The second kappa shape index (κ2) is 10.2. The van der Waals surface area contributed by atoms with E-state index in [1.165, 1.54) is 0 Å². The van der Waals surface area contributed by atoms with E-state index in [0.29, 0.717) is 18.0 Å². The molecule has 0 bridgehead atoms. The van der Waals surface area contributed by atoms with Crippen molar-refractivity contribution in [2.45, 2.75) is 26.8 Å². The van der Waals surface area contributed by atoms with Crippen molar-refractivity contribution in [3.63, 3.8) is 0 Å². The van der Waals surface area contributed by atoms with Crippen molar-refractivity contribution in [1.82, 2.24) is 5.32 Å².